The fourth-order valence-corrected chi connectivity index (χ4v) is 8.10. The summed E-state index contributed by atoms with van der Waals surface area (Å²) in [6.45, 7) is 2.34. The lowest BCUT2D eigenvalue weighted by atomic mass is 9.84. The number of aliphatic hydroxyl groups is 4. The number of aliphatic hydroxyl groups excluding tert-OH is 4. The van der Waals surface area contributed by atoms with Crippen LogP contribution in [0, 0.1) is 0 Å². The Morgan fingerprint density at radius 2 is 1.10 bits per heavy atom. The van der Waals surface area contributed by atoms with Gasteiger partial charge in [-0.3, -0.25) is 0 Å². The first kappa shape index (κ1) is 42.2. The van der Waals surface area contributed by atoms with Gasteiger partial charge in [-0.15, -0.1) is 0 Å². The van der Waals surface area contributed by atoms with E-state index >= 15 is 0 Å². The summed E-state index contributed by atoms with van der Waals surface area (Å²) in [5.41, 5.74) is 30.8. The topological polar surface area (TPSA) is 248 Å². The molecule has 3 fully saturated rings. The van der Waals surface area contributed by atoms with Gasteiger partial charge in [0.05, 0.1) is 36.5 Å². The van der Waals surface area contributed by atoms with Crippen molar-refractivity contribution in [2.24, 2.45) is 28.7 Å². The maximum Gasteiger partial charge on any atom is 0.186 e. The summed E-state index contributed by atoms with van der Waals surface area (Å²) < 4.78 is 23.9. The number of unbranched alkanes of at least 4 members (excludes halogenated alkanes) is 13. The van der Waals surface area contributed by atoms with Crippen molar-refractivity contribution in [1.29, 1.82) is 0 Å². The fraction of sp³-hybridized carbons (Fsp3) is 1.00. The summed E-state index contributed by atoms with van der Waals surface area (Å²) in [6.07, 6.45) is 8.81. The third kappa shape index (κ3) is 13.1. The van der Waals surface area contributed by atoms with Gasteiger partial charge in [0.1, 0.15) is 24.4 Å². The van der Waals surface area contributed by atoms with Crippen LogP contribution in [0.3, 0.4) is 0 Å². The van der Waals surface area contributed by atoms with Gasteiger partial charge in [0, 0.05) is 24.4 Å². The molecule has 284 valence electrons. The SMILES string of the molecule is CCCCCCCCCCCCCCCCSC[C@H]1O[C@H](O[C@@H]2[C@@H](O)[C@H](O[C@H]3O[C@H](CN)[C@@H](O)C[C@H]3N)[C@@H](N)C[C@H]2N)[C@H](O)[C@@H](N)[C@@H]1O. The summed E-state index contributed by atoms with van der Waals surface area (Å²) in [4.78, 5) is 0. The molecule has 13 nitrogen and oxygen atoms in total. The molecule has 2 saturated heterocycles. The lowest BCUT2D eigenvalue weighted by molar-refractivity contribution is -0.309. The number of nitrogens with two attached hydrogens (primary N) is 5. The molecule has 0 aromatic rings. The van der Waals surface area contributed by atoms with Gasteiger partial charge >= 0.3 is 0 Å². The summed E-state index contributed by atoms with van der Waals surface area (Å²) >= 11 is 1.68. The lowest BCUT2D eigenvalue weighted by Gasteiger charge is -2.48. The van der Waals surface area contributed by atoms with Gasteiger partial charge in [-0.1, -0.05) is 90.4 Å². The van der Waals surface area contributed by atoms with Crippen molar-refractivity contribution in [3.05, 3.63) is 0 Å². The zero-order valence-electron chi connectivity index (χ0n) is 29.2. The second kappa shape index (κ2) is 22.7. The molecule has 14 atom stereocenters. The van der Waals surface area contributed by atoms with E-state index in [1.54, 1.807) is 11.8 Å². The second-order valence-electron chi connectivity index (χ2n) is 14.3. The number of hydrogen-bond acceptors (Lipinski definition) is 14. The molecule has 0 aromatic heterocycles. The van der Waals surface area contributed by atoms with Gasteiger partial charge in [0.2, 0.25) is 0 Å². The van der Waals surface area contributed by atoms with Crippen LogP contribution in [0.4, 0.5) is 0 Å². The molecule has 0 radical (unpaired) electrons. The Kier molecular flexibility index (Phi) is 20.0. The molecule has 0 amide bonds. The third-order valence-corrected chi connectivity index (χ3v) is 11.3. The molecule has 14 N–H and O–H groups in total. The monoisotopic (exact) mass is 707 g/mol. The maximum absolute atomic E-state index is 11.3. The standard InChI is InChI=1S/C34H69N5O8S/c1-2-3-4-5-6-7-8-9-10-11-12-13-14-15-16-48-20-26-28(41)27(39)29(42)34(45-26)47-32-22(37)17-21(36)31(30(32)43)46-33-23(38)18-24(40)25(19-35)44-33/h21-34,40-43H,2-20,35-39H2,1H3/t21-,22+,23+,24-,25+,26+,27-,28+,29+,30-,31+,32-,33+,34+/m0/s1. The average molecular weight is 708 g/mol. The summed E-state index contributed by atoms with van der Waals surface area (Å²) in [6, 6.07) is -3.02. The lowest BCUT2D eigenvalue weighted by Crippen LogP contribution is -2.68. The molecule has 1 aliphatic carbocycles. The van der Waals surface area contributed by atoms with Crippen LogP contribution in [-0.2, 0) is 18.9 Å². The van der Waals surface area contributed by atoms with Crippen molar-refractivity contribution in [3.63, 3.8) is 0 Å². The van der Waals surface area contributed by atoms with E-state index in [9.17, 15) is 20.4 Å². The van der Waals surface area contributed by atoms with E-state index in [2.05, 4.69) is 6.92 Å². The second-order valence-corrected chi connectivity index (χ2v) is 15.4. The predicted octanol–water partition coefficient (Wildman–Crippen LogP) is 0.926. The highest BCUT2D eigenvalue weighted by molar-refractivity contribution is 7.99. The highest BCUT2D eigenvalue weighted by Crippen LogP contribution is 2.31. The van der Waals surface area contributed by atoms with Gasteiger partial charge in [-0.05, 0) is 25.0 Å². The van der Waals surface area contributed by atoms with Crippen LogP contribution < -0.4 is 28.7 Å². The average Bonchev–Trinajstić information content (AvgIpc) is 3.06. The first-order valence-corrected chi connectivity index (χ1v) is 19.9. The summed E-state index contributed by atoms with van der Waals surface area (Å²) in [5, 5.41) is 43.1. The predicted molar refractivity (Wildman–Crippen MR) is 189 cm³/mol. The van der Waals surface area contributed by atoms with Gasteiger partial charge in [-0.2, -0.15) is 11.8 Å². The minimum atomic E-state index is -1.34. The van der Waals surface area contributed by atoms with Crippen LogP contribution in [0.1, 0.15) is 110 Å². The molecule has 3 rings (SSSR count). The Labute approximate surface area is 292 Å². The van der Waals surface area contributed by atoms with Crippen LogP contribution in [0.5, 0.6) is 0 Å². The molecular weight excluding hydrogens is 638 g/mol. The minimum absolute atomic E-state index is 0.0749. The van der Waals surface area contributed by atoms with Crippen molar-refractivity contribution in [1.82, 2.24) is 0 Å². The summed E-state index contributed by atoms with van der Waals surface area (Å²) in [5.74, 6) is 1.42. The molecule has 0 spiro atoms. The zero-order valence-corrected chi connectivity index (χ0v) is 30.1. The Morgan fingerprint density at radius 1 is 0.604 bits per heavy atom. The molecule has 1 saturated carbocycles. The Morgan fingerprint density at radius 3 is 1.65 bits per heavy atom. The van der Waals surface area contributed by atoms with E-state index in [0.717, 1.165) is 12.2 Å². The van der Waals surface area contributed by atoms with Crippen molar-refractivity contribution in [2.45, 2.75) is 195 Å². The smallest absolute Gasteiger partial charge is 0.186 e. The van der Waals surface area contributed by atoms with Crippen LogP contribution >= 0.6 is 11.8 Å². The highest BCUT2D eigenvalue weighted by Gasteiger charge is 2.50. The third-order valence-electron chi connectivity index (χ3n) is 10.2. The van der Waals surface area contributed by atoms with E-state index in [-0.39, 0.29) is 19.4 Å². The Bertz CT molecular complexity index is 857. The maximum atomic E-state index is 11.3. The van der Waals surface area contributed by atoms with Crippen LogP contribution in [0.15, 0.2) is 0 Å². The molecule has 0 bridgehead atoms. The highest BCUT2D eigenvalue weighted by atomic mass is 32.2. The van der Waals surface area contributed by atoms with Gasteiger partial charge in [0.25, 0.3) is 0 Å². The molecule has 0 aromatic carbocycles. The zero-order chi connectivity index (χ0) is 35.1. The molecule has 14 heteroatoms. The van der Waals surface area contributed by atoms with Gasteiger partial charge < -0.3 is 68.0 Å². The van der Waals surface area contributed by atoms with Gasteiger partial charge in [0.15, 0.2) is 12.6 Å². The number of hydrogen-bond donors (Lipinski definition) is 9. The van der Waals surface area contributed by atoms with E-state index in [0.29, 0.717) is 5.75 Å². The first-order chi connectivity index (χ1) is 23.1. The van der Waals surface area contributed by atoms with Crippen molar-refractivity contribution in [2.75, 3.05) is 18.1 Å². The molecular formula is C34H69N5O8S. The largest absolute Gasteiger partial charge is 0.390 e. The normalized spacial score (nSPS) is 39.1. The molecule has 2 heterocycles. The number of thioether (sulfide) groups is 1. The summed E-state index contributed by atoms with van der Waals surface area (Å²) in [7, 11) is 0. The van der Waals surface area contributed by atoms with E-state index in [1.165, 1.54) is 83.5 Å². The van der Waals surface area contributed by atoms with Crippen LogP contribution in [-0.4, -0.2) is 124 Å². The van der Waals surface area contributed by atoms with Gasteiger partial charge in [-0.25, -0.2) is 0 Å². The molecule has 3 aliphatic rings. The van der Waals surface area contributed by atoms with Crippen molar-refractivity contribution in [3.8, 4) is 0 Å². The van der Waals surface area contributed by atoms with E-state index < -0.39 is 85.6 Å². The molecule has 2 aliphatic heterocycles. The van der Waals surface area contributed by atoms with Crippen LogP contribution in [0.25, 0.3) is 0 Å². The minimum Gasteiger partial charge on any atom is -0.390 e. The number of ether oxygens (including phenoxy) is 4. The van der Waals surface area contributed by atoms with E-state index in [1.807, 2.05) is 0 Å². The van der Waals surface area contributed by atoms with Crippen LogP contribution in [0.2, 0.25) is 0 Å². The van der Waals surface area contributed by atoms with E-state index in [4.69, 9.17) is 47.6 Å². The number of rotatable bonds is 22. The molecule has 48 heavy (non-hydrogen) atoms. The molecule has 0 unspecified atom stereocenters. The quantitative estimate of drug-likeness (QED) is 0.0711. The Balaban J connectivity index is 1.37. The first-order valence-electron chi connectivity index (χ1n) is 18.7. The van der Waals surface area contributed by atoms with Crippen molar-refractivity contribution < 1.29 is 39.4 Å². The van der Waals surface area contributed by atoms with Crippen molar-refractivity contribution >= 4 is 11.8 Å². The Hall–Kier alpha value is -0.170. The fourth-order valence-electron chi connectivity index (χ4n) is 7.01.